The molecule has 7 heteroatoms. The molecule has 3 rings (SSSR count). The molecule has 1 N–H and O–H groups in total. The average Bonchev–Trinajstić information content (AvgIpc) is 3.16. The van der Waals surface area contributed by atoms with E-state index in [1.54, 1.807) is 26.3 Å². The molecule has 0 aliphatic heterocycles. The maximum absolute atomic E-state index is 12.7. The van der Waals surface area contributed by atoms with E-state index < -0.39 is 5.56 Å². The summed E-state index contributed by atoms with van der Waals surface area (Å²) in [7, 11) is 3.25. The van der Waals surface area contributed by atoms with Crippen molar-refractivity contribution in [2.24, 2.45) is 0 Å². The number of carbonyl (C=O) groups excluding carboxylic acids is 1. The lowest BCUT2D eigenvalue weighted by Gasteiger charge is -2.19. The number of hydrogen-bond donors (Lipinski definition) is 1. The van der Waals surface area contributed by atoms with Crippen molar-refractivity contribution in [2.45, 2.75) is 6.54 Å². The molecular weight excluding hydrogens is 416 g/mol. The van der Waals surface area contributed by atoms with Crippen LogP contribution in [0.15, 0.2) is 57.1 Å². The Hall–Kier alpha value is -2.38. The first-order valence-corrected chi connectivity index (χ1v) is 9.52. The highest BCUT2D eigenvalue weighted by molar-refractivity contribution is 9.10. The average molecular weight is 433 g/mol. The SMILES string of the molecule is COc1ccc(Br)cc1CN(C)C(=O)c1ccc(-c2cccs2)[nH]c1=O. The van der Waals surface area contributed by atoms with Crippen molar-refractivity contribution in [3.63, 3.8) is 0 Å². The number of ether oxygens (including phenoxy) is 1. The number of aromatic amines is 1. The third-order valence-electron chi connectivity index (χ3n) is 3.92. The number of amides is 1. The smallest absolute Gasteiger partial charge is 0.261 e. The molecule has 3 aromatic rings. The minimum absolute atomic E-state index is 0.113. The lowest BCUT2D eigenvalue weighted by Crippen LogP contribution is -2.31. The zero-order valence-corrected chi connectivity index (χ0v) is 16.7. The van der Waals surface area contributed by atoms with Gasteiger partial charge in [-0.05, 0) is 41.8 Å². The van der Waals surface area contributed by atoms with E-state index in [4.69, 9.17) is 4.74 Å². The topological polar surface area (TPSA) is 62.4 Å². The molecule has 0 bridgehead atoms. The third kappa shape index (κ3) is 3.89. The summed E-state index contributed by atoms with van der Waals surface area (Å²) in [6, 6.07) is 12.8. The van der Waals surface area contributed by atoms with Gasteiger partial charge in [0, 0.05) is 23.6 Å². The van der Waals surface area contributed by atoms with Gasteiger partial charge >= 0.3 is 0 Å². The van der Waals surface area contributed by atoms with Crippen LogP contribution < -0.4 is 10.3 Å². The number of methoxy groups -OCH3 is 1. The number of thiophene rings is 1. The molecule has 0 saturated heterocycles. The van der Waals surface area contributed by atoms with E-state index >= 15 is 0 Å². The van der Waals surface area contributed by atoms with Crippen LogP contribution in [0, 0.1) is 0 Å². The van der Waals surface area contributed by atoms with Crippen molar-refractivity contribution in [3.05, 3.63) is 73.8 Å². The number of carbonyl (C=O) groups is 1. The molecule has 0 fully saturated rings. The maximum atomic E-state index is 12.7. The summed E-state index contributed by atoms with van der Waals surface area (Å²) >= 11 is 4.95. The summed E-state index contributed by atoms with van der Waals surface area (Å²) in [6.45, 7) is 0.327. The largest absolute Gasteiger partial charge is 0.496 e. The van der Waals surface area contributed by atoms with Gasteiger partial charge < -0.3 is 14.6 Å². The Morgan fingerprint density at radius 2 is 2.08 bits per heavy atom. The fourth-order valence-electron chi connectivity index (χ4n) is 2.62. The summed E-state index contributed by atoms with van der Waals surface area (Å²) in [5.41, 5.74) is 1.28. The summed E-state index contributed by atoms with van der Waals surface area (Å²) in [6.07, 6.45) is 0. The van der Waals surface area contributed by atoms with Crippen molar-refractivity contribution in [3.8, 4) is 16.3 Å². The first-order valence-electron chi connectivity index (χ1n) is 7.84. The van der Waals surface area contributed by atoms with Crippen LogP contribution in [0.25, 0.3) is 10.6 Å². The summed E-state index contributed by atoms with van der Waals surface area (Å²) in [5.74, 6) is 0.348. The summed E-state index contributed by atoms with van der Waals surface area (Å²) < 4.78 is 6.24. The highest BCUT2D eigenvalue weighted by Crippen LogP contribution is 2.25. The van der Waals surface area contributed by atoms with E-state index in [0.29, 0.717) is 18.0 Å². The minimum Gasteiger partial charge on any atom is -0.496 e. The van der Waals surface area contributed by atoms with Crippen LogP contribution in [0.3, 0.4) is 0 Å². The van der Waals surface area contributed by atoms with Crippen LogP contribution in [-0.2, 0) is 6.54 Å². The lowest BCUT2D eigenvalue weighted by molar-refractivity contribution is 0.0782. The summed E-state index contributed by atoms with van der Waals surface area (Å²) in [5, 5.41) is 1.94. The van der Waals surface area contributed by atoms with E-state index in [1.165, 1.54) is 16.2 Å². The van der Waals surface area contributed by atoms with Gasteiger partial charge in [-0.1, -0.05) is 22.0 Å². The second-order valence-electron chi connectivity index (χ2n) is 5.71. The quantitative estimate of drug-likeness (QED) is 0.658. The number of hydrogen-bond acceptors (Lipinski definition) is 4. The van der Waals surface area contributed by atoms with Gasteiger partial charge in [0.2, 0.25) is 0 Å². The Morgan fingerprint density at radius 3 is 2.73 bits per heavy atom. The molecule has 0 radical (unpaired) electrons. The molecule has 0 saturated carbocycles. The third-order valence-corrected chi connectivity index (χ3v) is 5.32. The van der Waals surface area contributed by atoms with Crippen molar-refractivity contribution >= 4 is 33.2 Å². The molecule has 0 spiro atoms. The maximum Gasteiger partial charge on any atom is 0.261 e. The number of aromatic nitrogens is 1. The molecular formula is C19H17BrN2O3S. The molecule has 1 amide bonds. The number of halogens is 1. The van der Waals surface area contributed by atoms with Crippen molar-refractivity contribution < 1.29 is 9.53 Å². The van der Waals surface area contributed by atoms with Crippen LogP contribution in [0.2, 0.25) is 0 Å². The second-order valence-corrected chi connectivity index (χ2v) is 7.57. The fourth-order valence-corrected chi connectivity index (χ4v) is 3.74. The Bertz CT molecular complexity index is 983. The fraction of sp³-hybridized carbons (Fsp3) is 0.158. The number of nitrogens with one attached hydrogen (secondary N) is 1. The lowest BCUT2D eigenvalue weighted by atomic mass is 10.1. The monoisotopic (exact) mass is 432 g/mol. The number of nitrogens with zero attached hydrogens (tertiary/aromatic N) is 1. The second kappa shape index (κ2) is 7.88. The first kappa shape index (κ1) is 18.4. The predicted octanol–water partition coefficient (Wildman–Crippen LogP) is 4.15. The molecule has 1 aromatic carbocycles. The van der Waals surface area contributed by atoms with Gasteiger partial charge in [-0.2, -0.15) is 0 Å². The van der Waals surface area contributed by atoms with E-state index in [0.717, 1.165) is 14.9 Å². The molecule has 26 heavy (non-hydrogen) atoms. The van der Waals surface area contributed by atoms with Gasteiger partial charge in [0.05, 0.1) is 17.7 Å². The van der Waals surface area contributed by atoms with Crippen molar-refractivity contribution in [1.29, 1.82) is 0 Å². The molecule has 0 unspecified atom stereocenters. The van der Waals surface area contributed by atoms with Crippen LogP contribution in [0.1, 0.15) is 15.9 Å². The highest BCUT2D eigenvalue weighted by atomic mass is 79.9. The molecule has 2 heterocycles. The predicted molar refractivity (Wildman–Crippen MR) is 107 cm³/mol. The Balaban J connectivity index is 1.83. The molecule has 5 nitrogen and oxygen atoms in total. The zero-order chi connectivity index (χ0) is 18.7. The summed E-state index contributed by atoms with van der Waals surface area (Å²) in [4.78, 5) is 30.3. The van der Waals surface area contributed by atoms with Crippen LogP contribution in [0.5, 0.6) is 5.75 Å². The van der Waals surface area contributed by atoms with Gasteiger partial charge in [0.25, 0.3) is 11.5 Å². The molecule has 134 valence electrons. The van der Waals surface area contributed by atoms with E-state index in [9.17, 15) is 9.59 Å². The van der Waals surface area contributed by atoms with Gasteiger partial charge in [0.15, 0.2) is 0 Å². The zero-order valence-electron chi connectivity index (χ0n) is 14.3. The van der Waals surface area contributed by atoms with E-state index in [1.807, 2.05) is 35.7 Å². The van der Waals surface area contributed by atoms with Gasteiger partial charge in [-0.3, -0.25) is 9.59 Å². The molecule has 0 aliphatic rings. The molecule has 2 aromatic heterocycles. The highest BCUT2D eigenvalue weighted by Gasteiger charge is 2.18. The van der Waals surface area contributed by atoms with E-state index in [-0.39, 0.29) is 11.5 Å². The Kier molecular flexibility index (Phi) is 5.58. The standard InChI is InChI=1S/C19H17BrN2O3S/c1-22(11-12-10-13(20)5-8-16(12)25-2)19(24)14-6-7-15(21-18(14)23)17-4-3-9-26-17/h3-10H,11H2,1-2H3,(H,21,23). The molecule has 0 aliphatic carbocycles. The Morgan fingerprint density at radius 1 is 1.27 bits per heavy atom. The van der Waals surface area contributed by atoms with Gasteiger partial charge in [0.1, 0.15) is 11.3 Å². The molecule has 0 atom stereocenters. The number of H-pyrrole nitrogens is 1. The van der Waals surface area contributed by atoms with Crippen LogP contribution in [0.4, 0.5) is 0 Å². The number of pyridine rings is 1. The van der Waals surface area contributed by atoms with Gasteiger partial charge in [-0.15, -0.1) is 11.3 Å². The van der Waals surface area contributed by atoms with Crippen LogP contribution >= 0.6 is 27.3 Å². The van der Waals surface area contributed by atoms with Crippen molar-refractivity contribution in [1.82, 2.24) is 9.88 Å². The van der Waals surface area contributed by atoms with Crippen molar-refractivity contribution in [2.75, 3.05) is 14.2 Å². The normalized spacial score (nSPS) is 10.6. The van der Waals surface area contributed by atoms with Crippen LogP contribution in [-0.4, -0.2) is 29.9 Å². The minimum atomic E-state index is -0.394. The first-order chi connectivity index (χ1) is 12.5. The van der Waals surface area contributed by atoms with E-state index in [2.05, 4.69) is 20.9 Å². The van der Waals surface area contributed by atoms with Gasteiger partial charge in [-0.25, -0.2) is 0 Å². The number of benzene rings is 1. The number of rotatable bonds is 5. The Labute approximate surface area is 163 Å².